The maximum atomic E-state index is 11.6. The number of nitrogens with one attached hydrogen (secondary N) is 2. The van der Waals surface area contributed by atoms with E-state index in [9.17, 15) is 9.59 Å². The number of nitrogens with two attached hydrogens (primary N) is 1. The first-order chi connectivity index (χ1) is 10.6. The number of carbonyl (C=O) groups excluding carboxylic acids is 2. The Bertz CT molecular complexity index is 639. The number of amides is 2. The zero-order valence-corrected chi connectivity index (χ0v) is 12.4. The maximum absolute atomic E-state index is 11.6. The highest BCUT2D eigenvalue weighted by Gasteiger charge is 2.16. The molecule has 0 saturated heterocycles. The van der Waals surface area contributed by atoms with Crippen molar-refractivity contribution in [3.8, 4) is 0 Å². The number of hydrogen-bond acceptors (Lipinski definition) is 3. The third-order valence-corrected chi connectivity index (χ3v) is 3.20. The van der Waals surface area contributed by atoms with E-state index in [4.69, 9.17) is 5.73 Å². The monoisotopic (exact) mass is 297 g/mol. The molecule has 0 aliphatic rings. The van der Waals surface area contributed by atoms with Gasteiger partial charge in [-0.15, -0.1) is 0 Å². The minimum Gasteiger partial charge on any atom is -0.368 e. The lowest BCUT2D eigenvalue weighted by molar-refractivity contribution is -0.120. The third-order valence-electron chi connectivity index (χ3n) is 3.20. The number of primary amides is 1. The molecule has 1 atom stereocenters. The normalized spacial score (nSPS) is 11.7. The molecule has 5 heteroatoms. The van der Waals surface area contributed by atoms with Gasteiger partial charge in [0.25, 0.3) is 0 Å². The predicted molar refractivity (Wildman–Crippen MR) is 86.0 cm³/mol. The maximum Gasteiger partial charge on any atom is 0.239 e. The Morgan fingerprint density at radius 1 is 1.05 bits per heavy atom. The Labute approximate surface area is 129 Å². The van der Waals surface area contributed by atoms with Crippen LogP contribution < -0.4 is 16.4 Å². The van der Waals surface area contributed by atoms with Crippen LogP contribution in [0.15, 0.2) is 54.6 Å². The molecular formula is C17H19N3O2. The van der Waals surface area contributed by atoms with E-state index in [-0.39, 0.29) is 5.91 Å². The SMILES string of the molecule is CC(=O)Nc1ccc(CNC(C(N)=O)c2ccccc2)cc1. The average Bonchev–Trinajstić information content (AvgIpc) is 2.49. The van der Waals surface area contributed by atoms with E-state index in [1.807, 2.05) is 54.6 Å². The topological polar surface area (TPSA) is 84.2 Å². The molecule has 2 aromatic rings. The Morgan fingerprint density at radius 3 is 2.23 bits per heavy atom. The van der Waals surface area contributed by atoms with Gasteiger partial charge in [-0.3, -0.25) is 14.9 Å². The third kappa shape index (κ3) is 4.43. The highest BCUT2D eigenvalue weighted by Crippen LogP contribution is 2.14. The minimum absolute atomic E-state index is 0.108. The summed E-state index contributed by atoms with van der Waals surface area (Å²) in [5.74, 6) is -0.523. The van der Waals surface area contributed by atoms with Gasteiger partial charge in [0.2, 0.25) is 11.8 Å². The fourth-order valence-electron chi connectivity index (χ4n) is 2.16. The number of anilines is 1. The van der Waals surface area contributed by atoms with Crippen molar-refractivity contribution in [2.45, 2.75) is 19.5 Å². The van der Waals surface area contributed by atoms with E-state index in [0.717, 1.165) is 16.8 Å². The van der Waals surface area contributed by atoms with E-state index in [2.05, 4.69) is 10.6 Å². The Morgan fingerprint density at radius 2 is 1.68 bits per heavy atom. The molecule has 0 aliphatic heterocycles. The highest BCUT2D eigenvalue weighted by molar-refractivity contribution is 5.88. The van der Waals surface area contributed by atoms with E-state index in [0.29, 0.717) is 6.54 Å². The van der Waals surface area contributed by atoms with Crippen LogP contribution in [0.25, 0.3) is 0 Å². The summed E-state index contributed by atoms with van der Waals surface area (Å²) in [6.07, 6.45) is 0. The van der Waals surface area contributed by atoms with Gasteiger partial charge in [0, 0.05) is 19.2 Å². The van der Waals surface area contributed by atoms with Crippen molar-refractivity contribution in [1.29, 1.82) is 0 Å². The van der Waals surface area contributed by atoms with E-state index in [1.54, 1.807) is 0 Å². The fraction of sp³-hybridized carbons (Fsp3) is 0.176. The molecule has 0 fully saturated rings. The van der Waals surface area contributed by atoms with Crippen LogP contribution in [-0.2, 0) is 16.1 Å². The molecular weight excluding hydrogens is 278 g/mol. The quantitative estimate of drug-likeness (QED) is 0.762. The fourth-order valence-corrected chi connectivity index (χ4v) is 2.16. The molecule has 2 aromatic carbocycles. The van der Waals surface area contributed by atoms with Crippen LogP contribution in [0, 0.1) is 0 Å². The van der Waals surface area contributed by atoms with Gasteiger partial charge in [-0.25, -0.2) is 0 Å². The molecule has 0 radical (unpaired) electrons. The van der Waals surface area contributed by atoms with Crippen LogP contribution in [0.3, 0.4) is 0 Å². The van der Waals surface area contributed by atoms with Crippen LogP contribution in [0.4, 0.5) is 5.69 Å². The van der Waals surface area contributed by atoms with Crippen molar-refractivity contribution >= 4 is 17.5 Å². The second-order valence-electron chi connectivity index (χ2n) is 5.01. The lowest BCUT2D eigenvalue weighted by Crippen LogP contribution is -2.33. The van der Waals surface area contributed by atoms with Crippen molar-refractivity contribution < 1.29 is 9.59 Å². The molecule has 4 N–H and O–H groups in total. The van der Waals surface area contributed by atoms with Gasteiger partial charge in [-0.05, 0) is 23.3 Å². The number of benzene rings is 2. The molecule has 1 unspecified atom stereocenters. The van der Waals surface area contributed by atoms with Crippen LogP contribution in [0.2, 0.25) is 0 Å². The smallest absolute Gasteiger partial charge is 0.239 e. The molecule has 0 heterocycles. The summed E-state index contributed by atoms with van der Waals surface area (Å²) in [6, 6.07) is 16.2. The molecule has 2 rings (SSSR count). The minimum atomic E-state index is -0.531. The van der Waals surface area contributed by atoms with Crippen LogP contribution in [0.1, 0.15) is 24.1 Å². The Balaban J connectivity index is 2.01. The van der Waals surface area contributed by atoms with Gasteiger partial charge < -0.3 is 11.1 Å². The first-order valence-electron chi connectivity index (χ1n) is 7.00. The second kappa shape index (κ2) is 7.38. The number of rotatable bonds is 6. The highest BCUT2D eigenvalue weighted by atomic mass is 16.1. The molecule has 0 aliphatic carbocycles. The first-order valence-corrected chi connectivity index (χ1v) is 7.00. The van der Waals surface area contributed by atoms with Gasteiger partial charge in [0.05, 0.1) is 0 Å². The summed E-state index contributed by atoms with van der Waals surface area (Å²) in [5.41, 5.74) is 8.04. The molecule has 22 heavy (non-hydrogen) atoms. The molecule has 0 saturated carbocycles. The summed E-state index contributed by atoms with van der Waals surface area (Å²) in [5, 5.41) is 5.86. The summed E-state index contributed by atoms with van der Waals surface area (Å²) in [4.78, 5) is 22.6. The van der Waals surface area contributed by atoms with Crippen molar-refractivity contribution in [1.82, 2.24) is 5.32 Å². The van der Waals surface area contributed by atoms with Gasteiger partial charge in [-0.1, -0.05) is 42.5 Å². The zero-order valence-electron chi connectivity index (χ0n) is 12.4. The largest absolute Gasteiger partial charge is 0.368 e. The number of hydrogen-bond donors (Lipinski definition) is 3. The molecule has 0 spiro atoms. The molecule has 2 amide bonds. The molecule has 5 nitrogen and oxygen atoms in total. The average molecular weight is 297 g/mol. The summed E-state index contributed by atoms with van der Waals surface area (Å²) in [7, 11) is 0. The van der Waals surface area contributed by atoms with Crippen molar-refractivity contribution in [2.75, 3.05) is 5.32 Å². The Hall–Kier alpha value is -2.66. The van der Waals surface area contributed by atoms with Gasteiger partial charge >= 0.3 is 0 Å². The predicted octanol–water partition coefficient (Wildman–Crippen LogP) is 1.96. The second-order valence-corrected chi connectivity index (χ2v) is 5.01. The zero-order chi connectivity index (χ0) is 15.9. The van der Waals surface area contributed by atoms with E-state index >= 15 is 0 Å². The lowest BCUT2D eigenvalue weighted by Gasteiger charge is -2.16. The number of carbonyl (C=O) groups is 2. The summed E-state index contributed by atoms with van der Waals surface area (Å²) in [6.45, 7) is 1.97. The van der Waals surface area contributed by atoms with Crippen LogP contribution >= 0.6 is 0 Å². The van der Waals surface area contributed by atoms with Gasteiger partial charge in [-0.2, -0.15) is 0 Å². The summed E-state index contributed by atoms with van der Waals surface area (Å²) >= 11 is 0. The standard InChI is InChI=1S/C17H19N3O2/c1-12(21)20-15-9-7-13(8-10-15)11-19-16(17(18)22)14-5-3-2-4-6-14/h2-10,16,19H,11H2,1H3,(H2,18,22)(H,20,21). The van der Waals surface area contributed by atoms with Crippen molar-refractivity contribution in [2.24, 2.45) is 5.73 Å². The van der Waals surface area contributed by atoms with E-state index in [1.165, 1.54) is 6.92 Å². The molecule has 0 aromatic heterocycles. The van der Waals surface area contributed by atoms with Crippen molar-refractivity contribution in [3.05, 3.63) is 65.7 Å². The first kappa shape index (κ1) is 15.7. The van der Waals surface area contributed by atoms with Crippen LogP contribution in [0.5, 0.6) is 0 Å². The lowest BCUT2D eigenvalue weighted by atomic mass is 10.1. The summed E-state index contributed by atoms with van der Waals surface area (Å²) < 4.78 is 0. The van der Waals surface area contributed by atoms with Crippen molar-refractivity contribution in [3.63, 3.8) is 0 Å². The van der Waals surface area contributed by atoms with E-state index < -0.39 is 11.9 Å². The molecule has 0 bridgehead atoms. The van der Waals surface area contributed by atoms with Gasteiger partial charge in [0.1, 0.15) is 6.04 Å². The van der Waals surface area contributed by atoms with Gasteiger partial charge in [0.15, 0.2) is 0 Å². The van der Waals surface area contributed by atoms with Crippen LogP contribution in [-0.4, -0.2) is 11.8 Å². The molecule has 114 valence electrons. The Kier molecular flexibility index (Phi) is 5.27.